The molecule has 0 aromatic heterocycles. The van der Waals surface area contributed by atoms with Gasteiger partial charge in [0.2, 0.25) is 5.24 Å². The summed E-state index contributed by atoms with van der Waals surface area (Å²) in [6.07, 6.45) is -1.74. The van der Waals surface area contributed by atoms with Gasteiger partial charge in [-0.3, -0.25) is 13.9 Å². The van der Waals surface area contributed by atoms with Crippen molar-refractivity contribution in [2.24, 2.45) is 0 Å². The van der Waals surface area contributed by atoms with Gasteiger partial charge in [0.15, 0.2) is 0 Å². The van der Waals surface area contributed by atoms with Gasteiger partial charge in [-0.25, -0.2) is 4.79 Å². The molecular formula is C23H20ClNO6S. The molecule has 0 spiro atoms. The summed E-state index contributed by atoms with van der Waals surface area (Å²) in [6.45, 7) is -0.121. The highest BCUT2D eigenvalue weighted by Gasteiger charge is 2.42. The Morgan fingerprint density at radius 3 is 2.38 bits per heavy atom. The molecule has 4 rings (SSSR count). The lowest BCUT2D eigenvalue weighted by molar-refractivity contribution is -0.115. The Labute approximate surface area is 190 Å². The van der Waals surface area contributed by atoms with E-state index in [9.17, 15) is 18.0 Å². The molecule has 0 bridgehead atoms. The summed E-state index contributed by atoms with van der Waals surface area (Å²) < 4.78 is 36.3. The van der Waals surface area contributed by atoms with Crippen molar-refractivity contribution in [3.8, 4) is 0 Å². The van der Waals surface area contributed by atoms with Gasteiger partial charge in [-0.2, -0.15) is 8.42 Å². The third-order valence-electron chi connectivity index (χ3n) is 5.24. The largest absolute Gasteiger partial charge is 0.445 e. The minimum Gasteiger partial charge on any atom is -0.445 e. The number of fused-ring (bicyclic) bond motifs is 1. The van der Waals surface area contributed by atoms with E-state index in [2.05, 4.69) is 0 Å². The third kappa shape index (κ3) is 4.93. The monoisotopic (exact) mass is 473 g/mol. The quantitative estimate of drug-likeness (QED) is 0.395. The molecule has 7 nitrogen and oxygen atoms in total. The third-order valence-corrected chi connectivity index (χ3v) is 6.85. The topological polar surface area (TPSA) is 90.0 Å². The van der Waals surface area contributed by atoms with E-state index >= 15 is 0 Å². The highest BCUT2D eigenvalue weighted by molar-refractivity contribution is 7.86. The van der Waals surface area contributed by atoms with Crippen LogP contribution >= 0.6 is 11.6 Å². The van der Waals surface area contributed by atoms with Gasteiger partial charge in [-0.05, 0) is 40.1 Å². The first-order chi connectivity index (χ1) is 15.3. The molecule has 166 valence electrons. The molecule has 0 N–H and O–H groups in total. The van der Waals surface area contributed by atoms with Crippen molar-refractivity contribution in [2.45, 2.75) is 30.1 Å². The first-order valence-electron chi connectivity index (χ1n) is 9.92. The molecule has 1 fully saturated rings. The van der Waals surface area contributed by atoms with E-state index in [1.165, 1.54) is 12.1 Å². The predicted molar refractivity (Wildman–Crippen MR) is 119 cm³/mol. The maximum Gasteiger partial charge on any atom is 0.410 e. The highest BCUT2D eigenvalue weighted by Crippen LogP contribution is 2.28. The van der Waals surface area contributed by atoms with E-state index in [0.717, 1.165) is 21.2 Å². The van der Waals surface area contributed by atoms with Gasteiger partial charge < -0.3 is 4.74 Å². The summed E-state index contributed by atoms with van der Waals surface area (Å²) in [5.74, 6) is 0. The Bertz CT molecular complexity index is 1250. The Morgan fingerprint density at radius 2 is 1.66 bits per heavy atom. The molecule has 1 heterocycles. The van der Waals surface area contributed by atoms with Crippen LogP contribution in [0.15, 0.2) is 77.7 Å². The highest BCUT2D eigenvalue weighted by atomic mass is 35.5. The normalized spacial score (nSPS) is 18.6. The van der Waals surface area contributed by atoms with Crippen LogP contribution in [0.5, 0.6) is 0 Å². The molecule has 32 heavy (non-hydrogen) atoms. The van der Waals surface area contributed by atoms with Crippen LogP contribution in [0.25, 0.3) is 10.8 Å². The van der Waals surface area contributed by atoms with Gasteiger partial charge in [-0.15, -0.1) is 0 Å². The lowest BCUT2D eigenvalue weighted by Gasteiger charge is -2.20. The molecular weight excluding hydrogens is 454 g/mol. The van der Waals surface area contributed by atoms with Crippen LogP contribution in [-0.2, 0) is 30.4 Å². The molecule has 1 aliphatic rings. The van der Waals surface area contributed by atoms with Crippen molar-refractivity contribution in [3.63, 3.8) is 0 Å². The fourth-order valence-corrected chi connectivity index (χ4v) is 4.97. The van der Waals surface area contributed by atoms with Crippen LogP contribution in [0.1, 0.15) is 12.0 Å². The summed E-state index contributed by atoms with van der Waals surface area (Å²) >= 11 is 5.67. The number of likely N-dealkylation sites (tertiary alicyclic amines) is 1. The molecule has 3 aromatic carbocycles. The van der Waals surface area contributed by atoms with Gasteiger partial charge in [0.05, 0.1) is 17.5 Å². The second kappa shape index (κ2) is 9.28. The van der Waals surface area contributed by atoms with E-state index in [-0.39, 0.29) is 24.5 Å². The van der Waals surface area contributed by atoms with E-state index in [0.29, 0.717) is 0 Å². The Balaban J connectivity index is 1.46. The van der Waals surface area contributed by atoms with E-state index in [4.69, 9.17) is 20.5 Å². The number of rotatable bonds is 6. The zero-order chi connectivity index (χ0) is 22.7. The van der Waals surface area contributed by atoms with Gasteiger partial charge in [0.1, 0.15) is 12.6 Å². The van der Waals surface area contributed by atoms with Crippen LogP contribution in [-0.4, -0.2) is 43.3 Å². The van der Waals surface area contributed by atoms with Crippen molar-refractivity contribution >= 4 is 43.8 Å². The zero-order valence-corrected chi connectivity index (χ0v) is 18.5. The Morgan fingerprint density at radius 1 is 0.969 bits per heavy atom. The van der Waals surface area contributed by atoms with Crippen LogP contribution in [0.2, 0.25) is 0 Å². The number of nitrogens with zero attached hydrogens (tertiary/aromatic N) is 1. The molecule has 9 heteroatoms. The number of carbonyl (C=O) groups excluding carboxylic acids is 2. The summed E-state index contributed by atoms with van der Waals surface area (Å²) in [5.41, 5.74) is 0.778. The summed E-state index contributed by atoms with van der Waals surface area (Å²) in [4.78, 5) is 25.5. The van der Waals surface area contributed by atoms with Crippen LogP contribution in [0.3, 0.4) is 0 Å². The van der Waals surface area contributed by atoms with E-state index < -0.39 is 33.6 Å². The average Bonchev–Trinajstić information content (AvgIpc) is 3.21. The summed E-state index contributed by atoms with van der Waals surface area (Å²) in [6, 6.07) is 20.0. The fraction of sp³-hybridized carbons (Fsp3) is 0.217. The minimum absolute atomic E-state index is 0.00458. The first kappa shape index (κ1) is 22.3. The van der Waals surface area contributed by atoms with Crippen molar-refractivity contribution in [3.05, 3.63) is 78.4 Å². The second-order valence-corrected chi connectivity index (χ2v) is 9.37. The summed E-state index contributed by atoms with van der Waals surface area (Å²) in [5, 5.41) is 0.867. The lowest BCUT2D eigenvalue weighted by Crippen LogP contribution is -2.39. The number of ether oxygens (including phenoxy) is 1. The Hall–Kier alpha value is -2.94. The number of amides is 1. The smallest absolute Gasteiger partial charge is 0.410 e. The van der Waals surface area contributed by atoms with Crippen molar-refractivity contribution in [1.29, 1.82) is 0 Å². The molecule has 3 aromatic rings. The first-order valence-corrected chi connectivity index (χ1v) is 11.7. The van der Waals surface area contributed by atoms with Gasteiger partial charge in [-0.1, -0.05) is 60.7 Å². The van der Waals surface area contributed by atoms with Crippen LogP contribution < -0.4 is 0 Å². The molecule has 0 unspecified atom stereocenters. The maximum atomic E-state index is 12.8. The molecule has 0 radical (unpaired) electrons. The van der Waals surface area contributed by atoms with Crippen molar-refractivity contribution < 1.29 is 26.9 Å². The molecule has 0 saturated carbocycles. The van der Waals surface area contributed by atoms with Gasteiger partial charge in [0, 0.05) is 6.42 Å². The minimum atomic E-state index is -4.12. The number of hydrogen-bond donors (Lipinski definition) is 0. The molecule has 1 saturated heterocycles. The standard InChI is InChI=1S/C23H20ClNO6S/c24-22(26)21-13-19(14-25(21)23(27)30-15-16-6-2-1-3-7-16)31-32(28,29)20-11-10-17-8-4-5-9-18(17)12-20/h1-12,19,21H,13-15H2/t19-,21+/m1/s1. The maximum absolute atomic E-state index is 12.8. The molecule has 1 aliphatic heterocycles. The number of carbonyl (C=O) groups is 2. The molecule has 0 aliphatic carbocycles. The van der Waals surface area contributed by atoms with Crippen LogP contribution in [0, 0.1) is 0 Å². The van der Waals surface area contributed by atoms with Crippen molar-refractivity contribution in [1.82, 2.24) is 4.90 Å². The predicted octanol–water partition coefficient (Wildman–Crippen LogP) is 4.09. The van der Waals surface area contributed by atoms with Gasteiger partial charge in [0.25, 0.3) is 10.1 Å². The van der Waals surface area contributed by atoms with E-state index in [1.807, 2.05) is 36.4 Å². The number of hydrogen-bond acceptors (Lipinski definition) is 6. The number of halogens is 1. The summed E-state index contributed by atoms with van der Waals surface area (Å²) in [7, 11) is -4.12. The second-order valence-electron chi connectivity index (χ2n) is 7.43. The average molecular weight is 474 g/mol. The SMILES string of the molecule is O=C(Cl)[C@@H]1C[C@@H](OS(=O)(=O)c2ccc3ccccc3c2)CN1C(=O)OCc1ccccc1. The lowest BCUT2D eigenvalue weighted by atomic mass is 10.1. The molecule has 1 amide bonds. The number of benzene rings is 3. The Kier molecular flexibility index (Phi) is 6.45. The molecule has 2 atom stereocenters. The zero-order valence-electron chi connectivity index (χ0n) is 16.9. The fourth-order valence-electron chi connectivity index (χ4n) is 3.64. The van der Waals surface area contributed by atoms with Crippen LogP contribution in [0.4, 0.5) is 4.79 Å². The van der Waals surface area contributed by atoms with Gasteiger partial charge >= 0.3 is 6.09 Å². The van der Waals surface area contributed by atoms with Crippen molar-refractivity contribution in [2.75, 3.05) is 6.54 Å². The van der Waals surface area contributed by atoms with E-state index in [1.54, 1.807) is 24.3 Å².